The van der Waals surface area contributed by atoms with Gasteiger partial charge in [-0.1, -0.05) is 6.07 Å². The molecule has 1 aromatic carbocycles. The van der Waals surface area contributed by atoms with Crippen molar-refractivity contribution in [1.29, 1.82) is 0 Å². The van der Waals surface area contributed by atoms with Gasteiger partial charge in [-0.25, -0.2) is 4.79 Å². The first-order valence-electron chi connectivity index (χ1n) is 10.9. The van der Waals surface area contributed by atoms with E-state index in [4.69, 9.17) is 23.7 Å². The van der Waals surface area contributed by atoms with Crippen LogP contribution in [-0.2, 0) is 23.7 Å². The largest absolute Gasteiger partial charge is 0.504 e. The quantitative estimate of drug-likeness (QED) is 0.118. The van der Waals surface area contributed by atoms with Crippen LogP contribution >= 0.6 is 0 Å². The fourth-order valence-electron chi connectivity index (χ4n) is 3.79. The van der Waals surface area contributed by atoms with Gasteiger partial charge >= 0.3 is 5.97 Å². The first-order chi connectivity index (χ1) is 17.1. The minimum absolute atomic E-state index is 0.0851. The number of hydrogen-bond donors (Lipinski definition) is 8. The fraction of sp³-hybridized carbons (Fsp3) is 0.591. The summed E-state index contributed by atoms with van der Waals surface area (Å²) in [4.78, 5) is 12.1. The maximum Gasteiger partial charge on any atom is 0.330 e. The minimum atomic E-state index is -2.32. The maximum atomic E-state index is 12.1. The molecule has 14 nitrogen and oxygen atoms in total. The van der Waals surface area contributed by atoms with Crippen LogP contribution < -0.4 is 4.74 Å². The highest BCUT2D eigenvalue weighted by molar-refractivity contribution is 5.87. The molecule has 3 rings (SSSR count). The van der Waals surface area contributed by atoms with Gasteiger partial charge in [0.15, 0.2) is 17.8 Å². The van der Waals surface area contributed by atoms with Crippen LogP contribution in [0.5, 0.6) is 11.5 Å². The number of carbonyl (C=O) groups excluding carboxylic acids is 1. The Bertz CT molecular complexity index is 924. The molecular formula is C22H30O14. The second-order valence-corrected chi connectivity index (χ2v) is 8.27. The minimum Gasteiger partial charge on any atom is -0.504 e. The van der Waals surface area contributed by atoms with Gasteiger partial charge in [-0.05, 0) is 23.8 Å². The highest BCUT2D eigenvalue weighted by atomic mass is 16.8. The van der Waals surface area contributed by atoms with Crippen LogP contribution in [0.15, 0.2) is 24.3 Å². The van der Waals surface area contributed by atoms with Crippen LogP contribution in [0.4, 0.5) is 0 Å². The van der Waals surface area contributed by atoms with E-state index in [1.807, 2.05) is 0 Å². The number of carbonyl (C=O) groups is 1. The van der Waals surface area contributed by atoms with Gasteiger partial charge in [-0.2, -0.15) is 0 Å². The van der Waals surface area contributed by atoms with Crippen molar-refractivity contribution in [2.75, 3.05) is 26.9 Å². The number of methoxy groups -OCH3 is 1. The van der Waals surface area contributed by atoms with E-state index in [1.165, 1.54) is 31.4 Å². The van der Waals surface area contributed by atoms with E-state index in [9.17, 15) is 45.6 Å². The first-order valence-corrected chi connectivity index (χ1v) is 10.9. The Kier molecular flexibility index (Phi) is 9.23. The van der Waals surface area contributed by atoms with Crippen LogP contribution in [-0.4, -0.2) is 129 Å². The van der Waals surface area contributed by atoms with Crippen LogP contribution in [0.1, 0.15) is 5.56 Å². The lowest BCUT2D eigenvalue weighted by molar-refractivity contribution is -0.383. The molecule has 8 unspecified atom stereocenters. The molecule has 36 heavy (non-hydrogen) atoms. The van der Waals surface area contributed by atoms with Crippen LogP contribution in [0.2, 0.25) is 0 Å². The van der Waals surface area contributed by atoms with Gasteiger partial charge in [0.1, 0.15) is 55.9 Å². The summed E-state index contributed by atoms with van der Waals surface area (Å²) in [6.07, 6.45) is -11.1. The topological polar surface area (TPSA) is 225 Å². The number of rotatable bonds is 9. The van der Waals surface area contributed by atoms with Crippen LogP contribution in [0, 0.1) is 0 Å². The van der Waals surface area contributed by atoms with E-state index in [0.29, 0.717) is 5.56 Å². The summed E-state index contributed by atoms with van der Waals surface area (Å²) >= 11 is 0. The monoisotopic (exact) mass is 518 g/mol. The van der Waals surface area contributed by atoms with Crippen molar-refractivity contribution in [1.82, 2.24) is 0 Å². The van der Waals surface area contributed by atoms with Gasteiger partial charge < -0.3 is 64.5 Å². The average Bonchev–Trinajstić information content (AvgIpc) is 3.12. The predicted molar refractivity (Wildman–Crippen MR) is 116 cm³/mol. The van der Waals surface area contributed by atoms with Crippen molar-refractivity contribution in [3.8, 4) is 11.5 Å². The van der Waals surface area contributed by atoms with Crippen LogP contribution in [0.3, 0.4) is 0 Å². The summed E-state index contributed by atoms with van der Waals surface area (Å²) in [6.45, 7) is -2.34. The third kappa shape index (κ3) is 5.78. The summed E-state index contributed by atoms with van der Waals surface area (Å²) in [7, 11) is 1.36. The van der Waals surface area contributed by atoms with Crippen molar-refractivity contribution >= 4 is 12.0 Å². The molecule has 9 atom stereocenters. The second-order valence-electron chi connectivity index (χ2n) is 8.27. The number of ether oxygens (including phenoxy) is 5. The number of hydrogen-bond acceptors (Lipinski definition) is 14. The number of phenolic OH excluding ortho intramolecular Hbond substituents is 1. The van der Waals surface area contributed by atoms with Crippen LogP contribution in [0.25, 0.3) is 6.08 Å². The Balaban J connectivity index is 1.64. The lowest BCUT2D eigenvalue weighted by Gasteiger charge is -2.43. The highest BCUT2D eigenvalue weighted by Gasteiger charge is 2.58. The van der Waals surface area contributed by atoms with Gasteiger partial charge in [-0.15, -0.1) is 0 Å². The molecule has 8 N–H and O–H groups in total. The Hall–Kier alpha value is -2.37. The maximum absolute atomic E-state index is 12.1. The molecule has 14 heteroatoms. The predicted octanol–water partition coefficient (Wildman–Crippen LogP) is -3.42. The van der Waals surface area contributed by atoms with E-state index < -0.39 is 80.6 Å². The Morgan fingerprint density at radius 1 is 1.06 bits per heavy atom. The second kappa shape index (κ2) is 11.8. The molecule has 0 amide bonds. The molecule has 0 spiro atoms. The molecule has 2 heterocycles. The molecule has 2 saturated heterocycles. The molecule has 0 aromatic heterocycles. The summed E-state index contributed by atoms with van der Waals surface area (Å²) in [5.74, 6) is -3.07. The molecule has 202 valence electrons. The van der Waals surface area contributed by atoms with E-state index in [1.54, 1.807) is 0 Å². The van der Waals surface area contributed by atoms with E-state index in [0.717, 1.165) is 6.08 Å². The number of aromatic hydroxyl groups is 1. The zero-order chi connectivity index (χ0) is 26.6. The number of aliphatic hydroxyl groups excluding tert-OH is 7. The normalized spacial score (nSPS) is 36.8. The van der Waals surface area contributed by atoms with Gasteiger partial charge in [0, 0.05) is 6.08 Å². The van der Waals surface area contributed by atoms with Crippen molar-refractivity contribution in [2.45, 2.75) is 54.8 Å². The molecular weight excluding hydrogens is 488 g/mol. The molecule has 2 aliphatic rings. The summed E-state index contributed by atoms with van der Waals surface area (Å²) < 4.78 is 26.0. The molecule has 0 aliphatic carbocycles. The first kappa shape index (κ1) is 28.2. The number of benzene rings is 1. The van der Waals surface area contributed by atoms with Crippen molar-refractivity contribution < 1.29 is 69.3 Å². The zero-order valence-corrected chi connectivity index (χ0v) is 19.2. The molecule has 2 aliphatic heterocycles. The third-order valence-electron chi connectivity index (χ3n) is 5.90. The Labute approximate surface area is 205 Å². The number of phenols is 1. The van der Waals surface area contributed by atoms with Gasteiger partial charge in [0.25, 0.3) is 0 Å². The molecule has 0 bridgehead atoms. The van der Waals surface area contributed by atoms with Gasteiger partial charge in [0.05, 0.1) is 13.7 Å². The molecule has 0 saturated carbocycles. The van der Waals surface area contributed by atoms with Gasteiger partial charge in [0.2, 0.25) is 5.79 Å². The SMILES string of the molecule is COc1cc(/C=C/C(=O)OCC2OC(O[C@]3(CO)OC(CO)C(O)C3O)C(O)C(O)C2O)ccc1O. The molecule has 0 radical (unpaired) electrons. The molecule has 2 fully saturated rings. The Morgan fingerprint density at radius 3 is 2.39 bits per heavy atom. The lowest BCUT2D eigenvalue weighted by atomic mass is 9.99. The van der Waals surface area contributed by atoms with Gasteiger partial charge in [-0.3, -0.25) is 0 Å². The van der Waals surface area contributed by atoms with E-state index >= 15 is 0 Å². The van der Waals surface area contributed by atoms with Crippen molar-refractivity contribution in [2.24, 2.45) is 0 Å². The van der Waals surface area contributed by atoms with Crippen molar-refractivity contribution in [3.05, 3.63) is 29.8 Å². The number of esters is 1. The fourth-order valence-corrected chi connectivity index (χ4v) is 3.79. The summed E-state index contributed by atoms with van der Waals surface area (Å²) in [5, 5.41) is 79.6. The standard InChI is InChI=1S/C22H30O14/c1-32-12-6-10(2-4-11(12)25)3-5-15(26)33-8-14-16(27)18(29)19(30)21(34-14)36-22(9-24)20(31)17(28)13(7-23)35-22/h2-6,13-14,16-21,23-25,27-31H,7-9H2,1H3/b5-3+/t13?,14?,16?,17?,18?,19?,20?,21?,22-/m0/s1. The van der Waals surface area contributed by atoms with Crippen molar-refractivity contribution in [3.63, 3.8) is 0 Å². The summed E-state index contributed by atoms with van der Waals surface area (Å²) in [5.41, 5.74) is 0.510. The molecule has 1 aromatic rings. The third-order valence-corrected chi connectivity index (χ3v) is 5.90. The lowest BCUT2D eigenvalue weighted by Crippen LogP contribution is -2.62. The van der Waals surface area contributed by atoms with E-state index in [-0.39, 0.29) is 11.5 Å². The van der Waals surface area contributed by atoms with E-state index in [2.05, 4.69) is 0 Å². The highest BCUT2D eigenvalue weighted by Crippen LogP contribution is 2.36. The average molecular weight is 518 g/mol. The Morgan fingerprint density at radius 2 is 1.78 bits per heavy atom. The zero-order valence-electron chi connectivity index (χ0n) is 19.2. The number of aliphatic hydroxyl groups is 7. The smallest absolute Gasteiger partial charge is 0.330 e. The summed E-state index contributed by atoms with van der Waals surface area (Å²) in [6, 6.07) is 4.36.